The van der Waals surface area contributed by atoms with Gasteiger partial charge in [-0.15, -0.1) is 0 Å². The van der Waals surface area contributed by atoms with Crippen molar-refractivity contribution in [3.63, 3.8) is 0 Å². The molecule has 2 nitrogen and oxygen atoms in total. The van der Waals surface area contributed by atoms with E-state index in [-0.39, 0.29) is 11.0 Å². The molecule has 0 amide bonds. The molecular weight excluding hydrogens is 222 g/mol. The number of hydrogen-bond donors (Lipinski definition) is 1. The van der Waals surface area contributed by atoms with Crippen molar-refractivity contribution in [2.45, 2.75) is 57.0 Å². The van der Waals surface area contributed by atoms with Crippen molar-refractivity contribution in [3.8, 4) is 5.75 Å². The highest BCUT2D eigenvalue weighted by Gasteiger charge is 2.40. The maximum absolute atomic E-state index is 6.21. The summed E-state index contributed by atoms with van der Waals surface area (Å²) in [5.74, 6) is 1.13. The summed E-state index contributed by atoms with van der Waals surface area (Å²) in [5, 5.41) is 0. The summed E-state index contributed by atoms with van der Waals surface area (Å²) >= 11 is 0. The Bertz CT molecular complexity index is 458. The van der Waals surface area contributed by atoms with E-state index in [1.54, 1.807) is 0 Å². The summed E-state index contributed by atoms with van der Waals surface area (Å²) in [4.78, 5) is 0. The van der Waals surface area contributed by atoms with Crippen LogP contribution in [-0.2, 0) is 11.8 Å². The minimum absolute atomic E-state index is 0.0627. The largest absolute Gasteiger partial charge is 0.487 e. The molecule has 2 N–H and O–H groups in total. The van der Waals surface area contributed by atoms with Crippen LogP contribution in [0.25, 0.3) is 0 Å². The van der Waals surface area contributed by atoms with Crippen LogP contribution in [0.3, 0.4) is 0 Å². The Balaban J connectivity index is 2.07. The lowest BCUT2D eigenvalue weighted by Crippen LogP contribution is -2.33. The number of rotatable bonds is 2. The van der Waals surface area contributed by atoms with Gasteiger partial charge >= 0.3 is 0 Å². The number of ether oxygens (including phenoxy) is 1. The third kappa shape index (κ3) is 1.74. The third-order valence-electron chi connectivity index (χ3n) is 4.61. The molecule has 3 rings (SSSR count). The molecule has 98 valence electrons. The van der Waals surface area contributed by atoms with E-state index in [1.807, 2.05) is 0 Å². The summed E-state index contributed by atoms with van der Waals surface area (Å²) in [5.41, 5.74) is 8.94. The molecule has 0 aromatic heterocycles. The standard InChI is InChI=1S/C16H23NO/c1-15(2)10-12-6-5-7-13(14(12)18-15)16(11-17)8-3-4-9-16/h5-7H,3-4,8-11,17H2,1-2H3. The van der Waals surface area contributed by atoms with Crippen LogP contribution in [0.1, 0.15) is 50.7 Å². The smallest absolute Gasteiger partial charge is 0.127 e. The second kappa shape index (κ2) is 3.99. The zero-order valence-electron chi connectivity index (χ0n) is 11.5. The zero-order valence-corrected chi connectivity index (χ0v) is 11.5. The fourth-order valence-electron chi connectivity index (χ4n) is 3.67. The first-order chi connectivity index (χ1) is 8.56. The van der Waals surface area contributed by atoms with Crippen LogP contribution in [0, 0.1) is 0 Å². The molecule has 1 aliphatic carbocycles. The van der Waals surface area contributed by atoms with Gasteiger partial charge in [-0.2, -0.15) is 0 Å². The summed E-state index contributed by atoms with van der Waals surface area (Å²) in [6.07, 6.45) is 6.03. The van der Waals surface area contributed by atoms with E-state index < -0.39 is 0 Å². The molecule has 1 aliphatic heterocycles. The predicted octanol–water partition coefficient (Wildman–Crippen LogP) is 3.17. The van der Waals surface area contributed by atoms with Crippen molar-refractivity contribution in [1.29, 1.82) is 0 Å². The van der Waals surface area contributed by atoms with E-state index in [0.29, 0.717) is 0 Å². The number of para-hydroxylation sites is 1. The molecule has 0 radical (unpaired) electrons. The molecule has 0 spiro atoms. The molecule has 1 aromatic carbocycles. The number of fused-ring (bicyclic) bond motifs is 1. The molecule has 0 bridgehead atoms. The average Bonchev–Trinajstić information content (AvgIpc) is 2.90. The predicted molar refractivity (Wildman–Crippen MR) is 74.1 cm³/mol. The van der Waals surface area contributed by atoms with E-state index in [2.05, 4.69) is 32.0 Å². The van der Waals surface area contributed by atoms with Crippen LogP contribution >= 0.6 is 0 Å². The molecule has 0 saturated heterocycles. The Hall–Kier alpha value is -1.02. The highest BCUT2D eigenvalue weighted by Crippen LogP contribution is 2.48. The van der Waals surface area contributed by atoms with Crippen molar-refractivity contribution in [3.05, 3.63) is 29.3 Å². The Morgan fingerprint density at radius 3 is 2.61 bits per heavy atom. The SMILES string of the molecule is CC1(C)Cc2cccc(C3(CN)CCCC3)c2O1. The molecule has 2 heteroatoms. The molecule has 18 heavy (non-hydrogen) atoms. The van der Waals surface area contributed by atoms with E-state index in [1.165, 1.54) is 36.8 Å². The van der Waals surface area contributed by atoms with Gasteiger partial charge in [0.15, 0.2) is 0 Å². The van der Waals surface area contributed by atoms with Crippen molar-refractivity contribution in [1.82, 2.24) is 0 Å². The van der Waals surface area contributed by atoms with Gasteiger partial charge in [0.05, 0.1) is 0 Å². The number of nitrogens with two attached hydrogens (primary N) is 1. The van der Waals surface area contributed by atoms with Gasteiger partial charge in [0.1, 0.15) is 11.4 Å². The van der Waals surface area contributed by atoms with Crippen LogP contribution in [0.4, 0.5) is 0 Å². The van der Waals surface area contributed by atoms with Crippen molar-refractivity contribution >= 4 is 0 Å². The second-order valence-corrected chi connectivity index (χ2v) is 6.52. The molecule has 1 fully saturated rings. The van der Waals surface area contributed by atoms with Crippen LogP contribution in [-0.4, -0.2) is 12.1 Å². The van der Waals surface area contributed by atoms with E-state index >= 15 is 0 Å². The van der Waals surface area contributed by atoms with Gasteiger partial charge in [0.25, 0.3) is 0 Å². The monoisotopic (exact) mass is 245 g/mol. The third-order valence-corrected chi connectivity index (χ3v) is 4.61. The number of hydrogen-bond acceptors (Lipinski definition) is 2. The maximum atomic E-state index is 6.21. The van der Waals surface area contributed by atoms with E-state index in [0.717, 1.165) is 18.7 Å². The highest BCUT2D eigenvalue weighted by atomic mass is 16.5. The highest BCUT2D eigenvalue weighted by molar-refractivity contribution is 5.50. The molecule has 1 aromatic rings. The molecule has 1 saturated carbocycles. The molecular formula is C16H23NO. The van der Waals surface area contributed by atoms with Crippen LogP contribution in [0.15, 0.2) is 18.2 Å². The van der Waals surface area contributed by atoms with Gasteiger partial charge in [0, 0.05) is 23.9 Å². The molecule has 2 aliphatic rings. The minimum atomic E-state index is -0.0627. The summed E-state index contributed by atoms with van der Waals surface area (Å²) in [7, 11) is 0. The Morgan fingerprint density at radius 2 is 1.94 bits per heavy atom. The normalized spacial score (nSPS) is 23.7. The fraction of sp³-hybridized carbons (Fsp3) is 0.625. The lowest BCUT2D eigenvalue weighted by atomic mass is 9.78. The van der Waals surface area contributed by atoms with Crippen molar-refractivity contribution in [2.24, 2.45) is 5.73 Å². The zero-order chi connectivity index (χ0) is 12.8. The first-order valence-electron chi connectivity index (χ1n) is 7.08. The van der Waals surface area contributed by atoms with Crippen molar-refractivity contribution in [2.75, 3.05) is 6.54 Å². The molecule has 1 heterocycles. The van der Waals surface area contributed by atoms with Gasteiger partial charge in [-0.1, -0.05) is 31.0 Å². The summed E-state index contributed by atoms with van der Waals surface area (Å²) < 4.78 is 6.21. The average molecular weight is 245 g/mol. The van der Waals surface area contributed by atoms with Crippen LogP contribution in [0.5, 0.6) is 5.75 Å². The van der Waals surface area contributed by atoms with Gasteiger partial charge < -0.3 is 10.5 Å². The van der Waals surface area contributed by atoms with Gasteiger partial charge in [0.2, 0.25) is 0 Å². The quantitative estimate of drug-likeness (QED) is 0.868. The second-order valence-electron chi connectivity index (χ2n) is 6.52. The van der Waals surface area contributed by atoms with Crippen molar-refractivity contribution < 1.29 is 4.74 Å². The van der Waals surface area contributed by atoms with E-state index in [9.17, 15) is 0 Å². The first kappa shape index (κ1) is 12.0. The van der Waals surface area contributed by atoms with E-state index in [4.69, 9.17) is 10.5 Å². The molecule has 0 unspecified atom stereocenters. The topological polar surface area (TPSA) is 35.2 Å². The number of benzene rings is 1. The van der Waals surface area contributed by atoms with Crippen LogP contribution in [0.2, 0.25) is 0 Å². The lowest BCUT2D eigenvalue weighted by molar-refractivity contribution is 0.135. The van der Waals surface area contributed by atoms with Crippen LogP contribution < -0.4 is 10.5 Å². The maximum Gasteiger partial charge on any atom is 0.127 e. The van der Waals surface area contributed by atoms with Gasteiger partial charge in [-0.3, -0.25) is 0 Å². The first-order valence-corrected chi connectivity index (χ1v) is 7.08. The minimum Gasteiger partial charge on any atom is -0.487 e. The fourth-order valence-corrected chi connectivity index (χ4v) is 3.67. The Labute approximate surface area is 110 Å². The molecule has 0 atom stereocenters. The van der Waals surface area contributed by atoms with Gasteiger partial charge in [-0.25, -0.2) is 0 Å². The Morgan fingerprint density at radius 1 is 1.22 bits per heavy atom. The lowest BCUT2D eigenvalue weighted by Gasteiger charge is -2.30. The summed E-state index contributed by atoms with van der Waals surface area (Å²) in [6.45, 7) is 5.08. The van der Waals surface area contributed by atoms with Gasteiger partial charge in [-0.05, 0) is 32.3 Å². The summed E-state index contributed by atoms with van der Waals surface area (Å²) in [6, 6.07) is 6.61. The Kier molecular flexibility index (Phi) is 2.67.